The van der Waals surface area contributed by atoms with Crippen LogP contribution in [-0.2, 0) is 4.79 Å². The van der Waals surface area contributed by atoms with E-state index in [0.29, 0.717) is 0 Å². The molecule has 0 unspecified atom stereocenters. The van der Waals surface area contributed by atoms with Crippen molar-refractivity contribution in [2.45, 2.75) is 25.7 Å². The molecule has 1 amide bonds. The van der Waals surface area contributed by atoms with E-state index in [9.17, 15) is 4.79 Å². The predicted molar refractivity (Wildman–Crippen MR) is 52.3 cm³/mol. The number of carbonyl (C=O) groups is 1. The zero-order valence-corrected chi connectivity index (χ0v) is 7.83. The van der Waals surface area contributed by atoms with Gasteiger partial charge in [0.2, 0.25) is 0 Å². The summed E-state index contributed by atoms with van der Waals surface area (Å²) >= 11 is 0. The summed E-state index contributed by atoms with van der Waals surface area (Å²) in [4.78, 5) is 13.8. The van der Waals surface area contributed by atoms with Crippen molar-refractivity contribution >= 4 is 5.91 Å². The number of likely N-dealkylation sites (tertiary alicyclic amines) is 1. The van der Waals surface area contributed by atoms with Gasteiger partial charge in [0.1, 0.15) is 0 Å². The van der Waals surface area contributed by atoms with E-state index in [1.807, 2.05) is 11.0 Å². The normalized spacial score (nSPS) is 21.8. The van der Waals surface area contributed by atoms with E-state index in [1.165, 1.54) is 12.8 Å². The van der Waals surface area contributed by atoms with Crippen LogP contribution in [0.3, 0.4) is 0 Å². The number of hydrogen-bond donors (Lipinski definition) is 0. The summed E-state index contributed by atoms with van der Waals surface area (Å²) in [5.74, 6) is 0.230. The van der Waals surface area contributed by atoms with Crippen molar-refractivity contribution in [2.24, 2.45) is 0 Å². The smallest absolute Gasteiger partial charge is 0.253 e. The highest BCUT2D eigenvalue weighted by Crippen LogP contribution is 2.16. The minimum Gasteiger partial charge on any atom is -0.339 e. The second-order valence-electron chi connectivity index (χ2n) is 3.64. The number of allylic oxidation sites excluding steroid dienone is 2. The molecule has 0 radical (unpaired) electrons. The molecule has 2 heteroatoms. The molecule has 0 atom stereocenters. The lowest BCUT2D eigenvalue weighted by Gasteiger charge is -2.16. The highest BCUT2D eigenvalue weighted by atomic mass is 16.2. The molecule has 1 saturated heterocycles. The lowest BCUT2D eigenvalue weighted by Crippen LogP contribution is -2.28. The van der Waals surface area contributed by atoms with Gasteiger partial charge < -0.3 is 4.90 Å². The summed E-state index contributed by atoms with van der Waals surface area (Å²) in [6, 6.07) is 0. The van der Waals surface area contributed by atoms with Crippen molar-refractivity contribution in [3.8, 4) is 0 Å². The molecule has 1 aliphatic heterocycles. The van der Waals surface area contributed by atoms with E-state index in [1.54, 1.807) is 0 Å². The van der Waals surface area contributed by atoms with Gasteiger partial charge in [-0.1, -0.05) is 18.2 Å². The molecular weight excluding hydrogens is 162 g/mol. The Labute approximate surface area is 78.9 Å². The summed E-state index contributed by atoms with van der Waals surface area (Å²) in [6.07, 6.45) is 10.5. The first-order valence-electron chi connectivity index (χ1n) is 5.04. The average Bonchev–Trinajstić information content (AvgIpc) is 2.71. The van der Waals surface area contributed by atoms with Gasteiger partial charge in [0, 0.05) is 18.7 Å². The van der Waals surface area contributed by atoms with Gasteiger partial charge in [-0.15, -0.1) is 0 Å². The third kappa shape index (κ3) is 1.82. The van der Waals surface area contributed by atoms with Gasteiger partial charge in [-0.3, -0.25) is 4.79 Å². The summed E-state index contributed by atoms with van der Waals surface area (Å²) in [7, 11) is 0. The Balaban J connectivity index is 2.03. The zero-order chi connectivity index (χ0) is 9.10. The minimum atomic E-state index is 0.230. The topological polar surface area (TPSA) is 20.3 Å². The molecule has 13 heavy (non-hydrogen) atoms. The molecule has 1 aliphatic carbocycles. The molecule has 0 spiro atoms. The predicted octanol–water partition coefficient (Wildman–Crippen LogP) is 1.89. The van der Waals surface area contributed by atoms with Gasteiger partial charge in [0.05, 0.1) is 0 Å². The first-order chi connectivity index (χ1) is 6.38. The third-order valence-electron chi connectivity index (χ3n) is 2.64. The second-order valence-corrected chi connectivity index (χ2v) is 3.64. The van der Waals surface area contributed by atoms with Gasteiger partial charge in [-0.05, 0) is 25.7 Å². The molecule has 1 heterocycles. The standard InChI is InChI=1S/C11H15NO/c13-11(12-8-4-5-9-12)10-6-2-1-3-7-10/h2,6-7H,1,3-5,8-9H2. The third-order valence-corrected chi connectivity index (χ3v) is 2.64. The van der Waals surface area contributed by atoms with Gasteiger partial charge >= 0.3 is 0 Å². The van der Waals surface area contributed by atoms with Crippen molar-refractivity contribution in [1.82, 2.24) is 4.90 Å². The van der Waals surface area contributed by atoms with E-state index >= 15 is 0 Å². The van der Waals surface area contributed by atoms with Gasteiger partial charge in [0.25, 0.3) is 5.91 Å². The molecule has 0 saturated carbocycles. The fourth-order valence-corrected chi connectivity index (χ4v) is 1.87. The molecule has 0 aromatic carbocycles. The van der Waals surface area contributed by atoms with Crippen molar-refractivity contribution in [1.29, 1.82) is 0 Å². The van der Waals surface area contributed by atoms with E-state index in [-0.39, 0.29) is 5.91 Å². The molecule has 0 aromatic heterocycles. The molecule has 70 valence electrons. The minimum absolute atomic E-state index is 0.230. The maximum absolute atomic E-state index is 11.8. The molecule has 2 aliphatic rings. The second kappa shape index (κ2) is 3.77. The summed E-state index contributed by atoms with van der Waals surface area (Å²) in [5, 5.41) is 0. The molecule has 1 fully saturated rings. The zero-order valence-electron chi connectivity index (χ0n) is 7.83. The van der Waals surface area contributed by atoms with Crippen LogP contribution in [0.25, 0.3) is 0 Å². The first kappa shape index (κ1) is 8.54. The molecule has 0 N–H and O–H groups in total. The highest BCUT2D eigenvalue weighted by Gasteiger charge is 2.20. The lowest BCUT2D eigenvalue weighted by atomic mass is 10.1. The number of amides is 1. The van der Waals surface area contributed by atoms with E-state index in [0.717, 1.165) is 31.5 Å². The SMILES string of the molecule is O=C(C1=CCCC=C1)N1CCCC1. The Morgan fingerprint density at radius 3 is 2.62 bits per heavy atom. The summed E-state index contributed by atoms with van der Waals surface area (Å²) in [6.45, 7) is 1.90. The fourth-order valence-electron chi connectivity index (χ4n) is 1.87. The van der Waals surface area contributed by atoms with Crippen LogP contribution in [0, 0.1) is 0 Å². The van der Waals surface area contributed by atoms with Crippen LogP contribution < -0.4 is 0 Å². The van der Waals surface area contributed by atoms with E-state index in [2.05, 4.69) is 12.2 Å². The van der Waals surface area contributed by atoms with Crippen LogP contribution in [-0.4, -0.2) is 23.9 Å². The number of carbonyl (C=O) groups excluding carboxylic acids is 1. The Hall–Kier alpha value is -1.05. The van der Waals surface area contributed by atoms with E-state index in [4.69, 9.17) is 0 Å². The maximum atomic E-state index is 11.8. The van der Waals surface area contributed by atoms with Crippen molar-refractivity contribution in [2.75, 3.05) is 13.1 Å². The van der Waals surface area contributed by atoms with Crippen molar-refractivity contribution in [3.63, 3.8) is 0 Å². The fraction of sp³-hybridized carbons (Fsp3) is 0.545. The first-order valence-corrected chi connectivity index (χ1v) is 5.04. The van der Waals surface area contributed by atoms with Crippen LogP contribution in [0.5, 0.6) is 0 Å². The highest BCUT2D eigenvalue weighted by molar-refractivity contribution is 5.96. The summed E-state index contributed by atoms with van der Waals surface area (Å²) < 4.78 is 0. The van der Waals surface area contributed by atoms with Gasteiger partial charge in [-0.25, -0.2) is 0 Å². The average molecular weight is 177 g/mol. The van der Waals surface area contributed by atoms with Gasteiger partial charge in [0.15, 0.2) is 0 Å². The summed E-state index contributed by atoms with van der Waals surface area (Å²) in [5.41, 5.74) is 0.896. The van der Waals surface area contributed by atoms with Crippen LogP contribution in [0.15, 0.2) is 23.8 Å². The van der Waals surface area contributed by atoms with Crippen LogP contribution in [0.4, 0.5) is 0 Å². The largest absolute Gasteiger partial charge is 0.339 e. The molecule has 0 aromatic rings. The molecule has 2 nitrogen and oxygen atoms in total. The monoisotopic (exact) mass is 177 g/mol. The Kier molecular flexibility index (Phi) is 2.48. The van der Waals surface area contributed by atoms with Crippen LogP contribution in [0.2, 0.25) is 0 Å². The molecule has 0 bridgehead atoms. The molecule has 2 rings (SSSR count). The Morgan fingerprint density at radius 1 is 1.23 bits per heavy atom. The number of rotatable bonds is 1. The van der Waals surface area contributed by atoms with Gasteiger partial charge in [-0.2, -0.15) is 0 Å². The van der Waals surface area contributed by atoms with Crippen molar-refractivity contribution in [3.05, 3.63) is 23.8 Å². The number of hydrogen-bond acceptors (Lipinski definition) is 1. The van der Waals surface area contributed by atoms with Crippen LogP contribution in [0.1, 0.15) is 25.7 Å². The lowest BCUT2D eigenvalue weighted by molar-refractivity contribution is -0.125. The Bertz CT molecular complexity index is 259. The molecular formula is C11H15NO. The quantitative estimate of drug-likeness (QED) is 0.599. The van der Waals surface area contributed by atoms with E-state index < -0.39 is 0 Å². The Morgan fingerprint density at radius 2 is 2.00 bits per heavy atom. The number of nitrogens with zero attached hydrogens (tertiary/aromatic N) is 1. The van der Waals surface area contributed by atoms with Crippen LogP contribution >= 0.6 is 0 Å². The van der Waals surface area contributed by atoms with Crippen molar-refractivity contribution < 1.29 is 4.79 Å². The maximum Gasteiger partial charge on any atom is 0.253 e.